The normalized spacial score (nSPS) is 21.5. The number of nitrogens with one attached hydrogen (secondary N) is 1. The molecule has 0 bridgehead atoms. The highest BCUT2D eigenvalue weighted by Crippen LogP contribution is 2.20. The van der Waals surface area contributed by atoms with Crippen LogP contribution in [0, 0.1) is 11.8 Å². The second-order valence-electron chi connectivity index (χ2n) is 6.99. The van der Waals surface area contributed by atoms with Crippen LogP contribution in [0.25, 0.3) is 0 Å². The van der Waals surface area contributed by atoms with Crippen molar-refractivity contribution in [3.8, 4) is 0 Å². The molecule has 0 aliphatic carbocycles. The molecule has 2 amide bonds. The molecule has 5 heteroatoms. The van der Waals surface area contributed by atoms with E-state index in [0.717, 1.165) is 5.56 Å². The van der Waals surface area contributed by atoms with Crippen LogP contribution in [-0.2, 0) is 20.9 Å². The summed E-state index contributed by atoms with van der Waals surface area (Å²) in [5.41, 5.74) is 1.10. The Kier molecular flexibility index (Phi) is 6.37. The average Bonchev–Trinajstić information content (AvgIpc) is 2.54. The van der Waals surface area contributed by atoms with Gasteiger partial charge in [-0.1, -0.05) is 58.0 Å². The van der Waals surface area contributed by atoms with Gasteiger partial charge in [-0.2, -0.15) is 0 Å². The number of piperazine rings is 1. The molecule has 1 saturated heterocycles. The van der Waals surface area contributed by atoms with Crippen molar-refractivity contribution < 1.29 is 14.3 Å². The molecule has 132 valence electrons. The second kappa shape index (κ2) is 8.29. The van der Waals surface area contributed by atoms with Crippen molar-refractivity contribution in [2.75, 3.05) is 13.2 Å². The van der Waals surface area contributed by atoms with Gasteiger partial charge >= 0.3 is 0 Å². The number of nitrogens with zero attached hydrogens (tertiary/aromatic N) is 1. The van der Waals surface area contributed by atoms with Gasteiger partial charge in [-0.25, -0.2) is 0 Å². The Hall–Kier alpha value is -1.88. The molecule has 1 fully saturated rings. The number of hydrogen-bond donors (Lipinski definition) is 1. The first-order chi connectivity index (χ1) is 11.4. The monoisotopic (exact) mass is 332 g/mol. The van der Waals surface area contributed by atoms with Crippen molar-refractivity contribution in [1.82, 2.24) is 10.2 Å². The first-order valence-electron chi connectivity index (χ1n) is 8.64. The SMILES string of the molecule is CC(C)C1NC(=O)C(C(C)C)N(CCOCc2ccccc2)C1=O. The van der Waals surface area contributed by atoms with Crippen molar-refractivity contribution in [1.29, 1.82) is 0 Å². The molecule has 1 N–H and O–H groups in total. The quantitative estimate of drug-likeness (QED) is 0.779. The van der Waals surface area contributed by atoms with Gasteiger partial charge in [0.15, 0.2) is 0 Å². The van der Waals surface area contributed by atoms with Gasteiger partial charge in [-0.15, -0.1) is 0 Å². The highest BCUT2D eigenvalue weighted by molar-refractivity contribution is 5.97. The van der Waals surface area contributed by atoms with Gasteiger partial charge in [0.25, 0.3) is 0 Å². The van der Waals surface area contributed by atoms with Gasteiger partial charge in [0.2, 0.25) is 11.8 Å². The van der Waals surface area contributed by atoms with E-state index >= 15 is 0 Å². The third kappa shape index (κ3) is 4.35. The van der Waals surface area contributed by atoms with E-state index in [1.54, 1.807) is 4.90 Å². The first-order valence-corrected chi connectivity index (χ1v) is 8.64. The van der Waals surface area contributed by atoms with Crippen LogP contribution in [0.5, 0.6) is 0 Å². The second-order valence-corrected chi connectivity index (χ2v) is 6.99. The lowest BCUT2D eigenvalue weighted by atomic mass is 9.93. The summed E-state index contributed by atoms with van der Waals surface area (Å²) in [6, 6.07) is 9.05. The van der Waals surface area contributed by atoms with E-state index < -0.39 is 12.1 Å². The summed E-state index contributed by atoms with van der Waals surface area (Å²) in [4.78, 5) is 26.9. The van der Waals surface area contributed by atoms with Gasteiger partial charge in [0.05, 0.1) is 13.2 Å². The lowest BCUT2D eigenvalue weighted by molar-refractivity contribution is -0.153. The van der Waals surface area contributed by atoms with Crippen molar-refractivity contribution in [3.63, 3.8) is 0 Å². The predicted octanol–water partition coefficient (Wildman–Crippen LogP) is 2.21. The summed E-state index contributed by atoms with van der Waals surface area (Å²) >= 11 is 0. The van der Waals surface area contributed by atoms with Gasteiger partial charge in [0.1, 0.15) is 12.1 Å². The lowest BCUT2D eigenvalue weighted by Gasteiger charge is -2.42. The summed E-state index contributed by atoms with van der Waals surface area (Å²) in [6.45, 7) is 9.18. The van der Waals surface area contributed by atoms with Gasteiger partial charge in [-0.3, -0.25) is 9.59 Å². The highest BCUT2D eigenvalue weighted by Gasteiger charge is 2.42. The van der Waals surface area contributed by atoms with Crippen LogP contribution in [0.15, 0.2) is 30.3 Å². The summed E-state index contributed by atoms with van der Waals surface area (Å²) < 4.78 is 5.70. The zero-order valence-electron chi connectivity index (χ0n) is 15.0. The van der Waals surface area contributed by atoms with Crippen molar-refractivity contribution >= 4 is 11.8 Å². The number of benzene rings is 1. The Balaban J connectivity index is 1.97. The van der Waals surface area contributed by atoms with Crippen LogP contribution >= 0.6 is 0 Å². The lowest BCUT2D eigenvalue weighted by Crippen LogP contribution is -2.66. The van der Waals surface area contributed by atoms with E-state index in [-0.39, 0.29) is 23.7 Å². The molecule has 24 heavy (non-hydrogen) atoms. The maximum absolute atomic E-state index is 12.7. The summed E-state index contributed by atoms with van der Waals surface area (Å²) in [5.74, 6) is 0.0662. The Morgan fingerprint density at radius 1 is 1.08 bits per heavy atom. The minimum atomic E-state index is -0.443. The molecule has 1 heterocycles. The predicted molar refractivity (Wildman–Crippen MR) is 93.2 cm³/mol. The number of rotatable bonds is 7. The molecule has 0 aromatic heterocycles. The van der Waals surface area contributed by atoms with Crippen LogP contribution in [0.3, 0.4) is 0 Å². The molecule has 2 unspecified atom stereocenters. The summed E-state index contributed by atoms with van der Waals surface area (Å²) in [7, 11) is 0. The van der Waals surface area contributed by atoms with E-state index in [0.29, 0.717) is 19.8 Å². The Morgan fingerprint density at radius 2 is 1.75 bits per heavy atom. The maximum atomic E-state index is 12.7. The van der Waals surface area contributed by atoms with Crippen molar-refractivity contribution in [3.05, 3.63) is 35.9 Å². The zero-order chi connectivity index (χ0) is 17.7. The number of amides is 2. The fourth-order valence-corrected chi connectivity index (χ4v) is 3.05. The standard InChI is InChI=1S/C19H28N2O3/c1-13(2)16-19(23)21(17(14(3)4)18(22)20-16)10-11-24-12-15-8-6-5-7-9-15/h5-9,13-14,16-17H,10-12H2,1-4H3,(H,20,22). The van der Waals surface area contributed by atoms with Gasteiger partial charge in [-0.05, 0) is 17.4 Å². The summed E-state index contributed by atoms with van der Waals surface area (Å²) in [5, 5.41) is 2.87. The molecule has 0 radical (unpaired) electrons. The van der Waals surface area contributed by atoms with E-state index in [1.165, 1.54) is 0 Å². The number of carbonyl (C=O) groups excluding carboxylic acids is 2. The fraction of sp³-hybridized carbons (Fsp3) is 0.579. The van der Waals surface area contributed by atoms with E-state index in [1.807, 2.05) is 58.0 Å². The number of hydrogen-bond acceptors (Lipinski definition) is 3. The molecule has 0 spiro atoms. The third-order valence-corrected chi connectivity index (χ3v) is 4.34. The molecule has 1 aliphatic heterocycles. The van der Waals surface area contributed by atoms with Crippen LogP contribution < -0.4 is 5.32 Å². The first kappa shape index (κ1) is 18.5. The molecule has 2 rings (SSSR count). The topological polar surface area (TPSA) is 58.6 Å². The molecule has 0 saturated carbocycles. The van der Waals surface area contributed by atoms with E-state index in [9.17, 15) is 9.59 Å². The Bertz CT molecular complexity index is 557. The Labute approximate surface area is 144 Å². The third-order valence-electron chi connectivity index (χ3n) is 4.34. The molecule has 2 atom stereocenters. The maximum Gasteiger partial charge on any atom is 0.246 e. The molecular formula is C19H28N2O3. The minimum Gasteiger partial charge on any atom is -0.375 e. The molecule has 1 aromatic rings. The fourth-order valence-electron chi connectivity index (χ4n) is 3.05. The van der Waals surface area contributed by atoms with Crippen LogP contribution in [0.2, 0.25) is 0 Å². The average molecular weight is 332 g/mol. The summed E-state index contributed by atoms with van der Waals surface area (Å²) in [6.07, 6.45) is 0. The van der Waals surface area contributed by atoms with Gasteiger partial charge in [0, 0.05) is 6.54 Å². The Morgan fingerprint density at radius 3 is 2.33 bits per heavy atom. The minimum absolute atomic E-state index is 0.00777. The highest BCUT2D eigenvalue weighted by atomic mass is 16.5. The van der Waals surface area contributed by atoms with Crippen LogP contribution in [-0.4, -0.2) is 41.9 Å². The van der Waals surface area contributed by atoms with E-state index in [4.69, 9.17) is 4.74 Å². The number of ether oxygens (including phenoxy) is 1. The molecule has 1 aromatic carbocycles. The zero-order valence-corrected chi connectivity index (χ0v) is 15.0. The molecule has 5 nitrogen and oxygen atoms in total. The van der Waals surface area contributed by atoms with Crippen molar-refractivity contribution in [2.45, 2.75) is 46.4 Å². The smallest absolute Gasteiger partial charge is 0.246 e. The number of carbonyl (C=O) groups is 2. The molecule has 1 aliphatic rings. The van der Waals surface area contributed by atoms with Crippen LogP contribution in [0.4, 0.5) is 0 Å². The van der Waals surface area contributed by atoms with Gasteiger partial charge < -0.3 is 15.0 Å². The van der Waals surface area contributed by atoms with Crippen LogP contribution in [0.1, 0.15) is 33.3 Å². The van der Waals surface area contributed by atoms with Crippen molar-refractivity contribution in [2.24, 2.45) is 11.8 Å². The molecular weight excluding hydrogens is 304 g/mol. The van der Waals surface area contributed by atoms with E-state index in [2.05, 4.69) is 5.32 Å². The largest absolute Gasteiger partial charge is 0.375 e.